The number of ether oxygens (including phenoxy) is 1. The molecule has 1 heterocycles. The molecular formula is C17H26N2O. The third-order valence-corrected chi connectivity index (χ3v) is 3.66. The molecule has 0 unspecified atom stereocenters. The van der Waals surface area contributed by atoms with E-state index in [4.69, 9.17) is 4.74 Å². The van der Waals surface area contributed by atoms with Crippen molar-refractivity contribution in [1.82, 2.24) is 0 Å². The second-order valence-electron chi connectivity index (χ2n) is 5.21. The molecule has 2 rings (SSSR count). The molecule has 1 aromatic rings. The van der Waals surface area contributed by atoms with Crippen LogP contribution < -0.4 is 10.2 Å². The largest absolute Gasteiger partial charge is 0.385 e. The van der Waals surface area contributed by atoms with Gasteiger partial charge >= 0.3 is 0 Å². The van der Waals surface area contributed by atoms with Crippen LogP contribution in [0, 0.1) is 0 Å². The average Bonchev–Trinajstić information content (AvgIpc) is 2.52. The maximum atomic E-state index is 5.38. The van der Waals surface area contributed by atoms with Gasteiger partial charge in [-0.25, -0.2) is 0 Å². The molecule has 110 valence electrons. The van der Waals surface area contributed by atoms with Crippen LogP contribution in [0.5, 0.6) is 0 Å². The number of morpholine rings is 1. The van der Waals surface area contributed by atoms with Gasteiger partial charge in [0.2, 0.25) is 0 Å². The minimum absolute atomic E-state index is 0.838. The van der Waals surface area contributed by atoms with E-state index < -0.39 is 0 Å². The quantitative estimate of drug-likeness (QED) is 0.578. The first-order valence-electron chi connectivity index (χ1n) is 7.67. The highest BCUT2D eigenvalue weighted by Crippen LogP contribution is 2.19. The number of benzene rings is 1. The molecule has 1 saturated heterocycles. The van der Waals surface area contributed by atoms with E-state index in [2.05, 4.69) is 41.1 Å². The van der Waals surface area contributed by atoms with E-state index in [-0.39, 0.29) is 0 Å². The van der Waals surface area contributed by atoms with Crippen molar-refractivity contribution in [3.05, 3.63) is 36.9 Å². The van der Waals surface area contributed by atoms with Crippen molar-refractivity contribution in [3.63, 3.8) is 0 Å². The predicted octanol–water partition coefficient (Wildman–Crippen LogP) is 3.68. The molecule has 0 radical (unpaired) electrons. The Labute approximate surface area is 122 Å². The molecule has 0 aliphatic carbocycles. The lowest BCUT2D eigenvalue weighted by Gasteiger charge is -2.28. The Morgan fingerprint density at radius 2 is 1.85 bits per heavy atom. The smallest absolute Gasteiger partial charge is 0.0642 e. The molecule has 0 spiro atoms. The monoisotopic (exact) mass is 274 g/mol. The first-order chi connectivity index (χ1) is 9.90. The minimum Gasteiger partial charge on any atom is -0.385 e. The topological polar surface area (TPSA) is 24.5 Å². The molecule has 3 heteroatoms. The van der Waals surface area contributed by atoms with Crippen LogP contribution in [0.1, 0.15) is 25.7 Å². The summed E-state index contributed by atoms with van der Waals surface area (Å²) < 4.78 is 5.38. The van der Waals surface area contributed by atoms with Crippen LogP contribution in [0.25, 0.3) is 0 Å². The van der Waals surface area contributed by atoms with Crippen molar-refractivity contribution < 1.29 is 4.74 Å². The average molecular weight is 274 g/mol. The number of anilines is 2. The van der Waals surface area contributed by atoms with E-state index >= 15 is 0 Å². The molecular weight excluding hydrogens is 248 g/mol. The normalized spacial score (nSPS) is 15.1. The fourth-order valence-electron chi connectivity index (χ4n) is 2.43. The summed E-state index contributed by atoms with van der Waals surface area (Å²) in [5, 5.41) is 3.48. The maximum Gasteiger partial charge on any atom is 0.0642 e. The summed E-state index contributed by atoms with van der Waals surface area (Å²) >= 11 is 0. The Bertz CT molecular complexity index is 382. The predicted molar refractivity (Wildman–Crippen MR) is 86.6 cm³/mol. The van der Waals surface area contributed by atoms with Crippen LogP contribution in [0.4, 0.5) is 11.4 Å². The third kappa shape index (κ3) is 4.89. The van der Waals surface area contributed by atoms with Gasteiger partial charge < -0.3 is 15.0 Å². The van der Waals surface area contributed by atoms with Crippen molar-refractivity contribution in [2.24, 2.45) is 0 Å². The van der Waals surface area contributed by atoms with E-state index in [0.29, 0.717) is 0 Å². The maximum absolute atomic E-state index is 5.38. The van der Waals surface area contributed by atoms with Crippen LogP contribution in [-0.4, -0.2) is 32.8 Å². The first kappa shape index (κ1) is 14.9. The van der Waals surface area contributed by atoms with Crippen molar-refractivity contribution in [2.45, 2.75) is 25.7 Å². The van der Waals surface area contributed by atoms with Gasteiger partial charge in [0.1, 0.15) is 0 Å². The van der Waals surface area contributed by atoms with Crippen LogP contribution in [0.2, 0.25) is 0 Å². The van der Waals surface area contributed by atoms with Crippen molar-refractivity contribution in [3.8, 4) is 0 Å². The number of hydrogen-bond donors (Lipinski definition) is 1. The molecule has 0 bridgehead atoms. The zero-order valence-corrected chi connectivity index (χ0v) is 12.3. The molecule has 0 saturated carbocycles. The zero-order valence-electron chi connectivity index (χ0n) is 12.3. The Balaban J connectivity index is 1.69. The van der Waals surface area contributed by atoms with E-state index in [0.717, 1.165) is 39.3 Å². The lowest BCUT2D eigenvalue weighted by molar-refractivity contribution is 0.122. The Morgan fingerprint density at radius 3 is 2.55 bits per heavy atom. The second-order valence-corrected chi connectivity index (χ2v) is 5.21. The highest BCUT2D eigenvalue weighted by Gasteiger charge is 2.10. The van der Waals surface area contributed by atoms with Crippen LogP contribution in [0.3, 0.4) is 0 Å². The molecule has 0 aromatic heterocycles. The van der Waals surface area contributed by atoms with Crippen LogP contribution in [-0.2, 0) is 4.74 Å². The Kier molecular flexibility index (Phi) is 6.45. The molecule has 1 aliphatic heterocycles. The first-order valence-corrected chi connectivity index (χ1v) is 7.67. The molecule has 3 nitrogen and oxygen atoms in total. The summed E-state index contributed by atoms with van der Waals surface area (Å²) in [4.78, 5) is 2.38. The zero-order chi connectivity index (χ0) is 14.0. The fraction of sp³-hybridized carbons (Fsp3) is 0.529. The van der Waals surface area contributed by atoms with Gasteiger partial charge in [0.25, 0.3) is 0 Å². The van der Waals surface area contributed by atoms with Crippen LogP contribution in [0.15, 0.2) is 36.9 Å². The van der Waals surface area contributed by atoms with Gasteiger partial charge in [-0.2, -0.15) is 0 Å². The standard InChI is InChI=1S/C17H26N2O/c1-2-3-4-5-6-11-18-16-7-9-17(10-8-16)19-12-14-20-15-13-19/h2,7-10,18H,1,3-6,11-15H2. The van der Waals surface area contributed by atoms with E-state index in [1.54, 1.807) is 0 Å². The number of hydrogen-bond acceptors (Lipinski definition) is 3. The molecule has 0 amide bonds. The second kappa shape index (κ2) is 8.64. The van der Waals surface area contributed by atoms with Gasteiger partial charge in [0.15, 0.2) is 0 Å². The lowest BCUT2D eigenvalue weighted by Crippen LogP contribution is -2.36. The SMILES string of the molecule is C=CCCCCCNc1ccc(N2CCOCC2)cc1. The molecule has 1 aromatic carbocycles. The van der Waals surface area contributed by atoms with E-state index in [9.17, 15) is 0 Å². The van der Waals surface area contributed by atoms with Gasteiger partial charge in [0, 0.05) is 31.0 Å². The van der Waals surface area contributed by atoms with Crippen molar-refractivity contribution >= 4 is 11.4 Å². The van der Waals surface area contributed by atoms with Gasteiger partial charge in [-0.3, -0.25) is 0 Å². The number of nitrogens with zero attached hydrogens (tertiary/aromatic N) is 1. The van der Waals surface area contributed by atoms with Gasteiger partial charge in [0.05, 0.1) is 13.2 Å². The summed E-state index contributed by atoms with van der Waals surface area (Å²) in [6.45, 7) is 8.46. The lowest BCUT2D eigenvalue weighted by atomic mass is 10.2. The van der Waals surface area contributed by atoms with Crippen LogP contribution >= 0.6 is 0 Å². The molecule has 0 atom stereocenters. The van der Waals surface area contributed by atoms with E-state index in [1.165, 1.54) is 30.6 Å². The molecule has 1 aliphatic rings. The number of unbranched alkanes of at least 4 members (excludes halogenated alkanes) is 3. The summed E-state index contributed by atoms with van der Waals surface area (Å²) in [5.41, 5.74) is 2.51. The van der Waals surface area contributed by atoms with Gasteiger partial charge in [-0.05, 0) is 43.5 Å². The highest BCUT2D eigenvalue weighted by atomic mass is 16.5. The van der Waals surface area contributed by atoms with Gasteiger partial charge in [-0.1, -0.05) is 12.5 Å². The van der Waals surface area contributed by atoms with Crippen molar-refractivity contribution in [1.29, 1.82) is 0 Å². The summed E-state index contributed by atoms with van der Waals surface area (Å²) in [7, 11) is 0. The van der Waals surface area contributed by atoms with E-state index in [1.807, 2.05) is 6.08 Å². The number of allylic oxidation sites excluding steroid dienone is 1. The summed E-state index contributed by atoms with van der Waals surface area (Å²) in [6, 6.07) is 8.75. The number of nitrogens with one attached hydrogen (secondary N) is 1. The third-order valence-electron chi connectivity index (χ3n) is 3.66. The summed E-state index contributed by atoms with van der Waals surface area (Å²) in [5.74, 6) is 0. The summed E-state index contributed by atoms with van der Waals surface area (Å²) in [6.07, 6.45) is 6.87. The highest BCUT2D eigenvalue weighted by molar-refractivity contribution is 5.55. The molecule has 1 fully saturated rings. The Hall–Kier alpha value is -1.48. The fourth-order valence-corrected chi connectivity index (χ4v) is 2.43. The number of rotatable bonds is 8. The minimum atomic E-state index is 0.838. The van der Waals surface area contributed by atoms with Crippen molar-refractivity contribution in [2.75, 3.05) is 43.1 Å². The Morgan fingerprint density at radius 1 is 1.10 bits per heavy atom. The molecule has 1 N–H and O–H groups in total. The molecule has 20 heavy (non-hydrogen) atoms. The van der Waals surface area contributed by atoms with Gasteiger partial charge in [-0.15, -0.1) is 6.58 Å².